The van der Waals surface area contributed by atoms with Crippen LogP contribution < -0.4 is 4.90 Å². The zero-order valence-corrected chi connectivity index (χ0v) is 18.0. The highest BCUT2D eigenvalue weighted by atomic mass is 35.5. The lowest BCUT2D eigenvalue weighted by Gasteiger charge is -2.21. The van der Waals surface area contributed by atoms with Crippen LogP contribution in [0.4, 0.5) is 5.13 Å². The molecule has 0 radical (unpaired) electrons. The summed E-state index contributed by atoms with van der Waals surface area (Å²) in [6, 6.07) is 10.5. The van der Waals surface area contributed by atoms with Crippen molar-refractivity contribution in [3.05, 3.63) is 57.0 Å². The molecule has 27 heavy (non-hydrogen) atoms. The molecule has 0 spiro atoms. The average Bonchev–Trinajstić information content (AvgIpc) is 3.05. The summed E-state index contributed by atoms with van der Waals surface area (Å²) in [5.74, 6) is -0.226. The Balaban J connectivity index is 2.00. The summed E-state index contributed by atoms with van der Waals surface area (Å²) >= 11 is 20.0. The molecule has 3 rings (SSSR count). The maximum atomic E-state index is 13.3. The van der Waals surface area contributed by atoms with Crippen LogP contribution in [0.3, 0.4) is 0 Å². The fourth-order valence-corrected chi connectivity index (χ4v) is 4.31. The Morgan fingerprint density at radius 3 is 2.56 bits per heavy atom. The number of carbonyl (C=O) groups excluding carboxylic acids is 1. The minimum atomic E-state index is -0.226. The summed E-state index contributed by atoms with van der Waals surface area (Å²) in [5.41, 5.74) is 1.06. The van der Waals surface area contributed by atoms with Gasteiger partial charge in [-0.3, -0.25) is 9.69 Å². The highest BCUT2D eigenvalue weighted by Gasteiger charge is 2.23. The average molecular weight is 443 g/mol. The number of carbonyl (C=O) groups is 1. The molecule has 1 aromatic heterocycles. The van der Waals surface area contributed by atoms with Crippen molar-refractivity contribution in [1.82, 2.24) is 9.88 Å². The van der Waals surface area contributed by atoms with Crippen molar-refractivity contribution < 1.29 is 4.79 Å². The molecule has 2 aromatic carbocycles. The molecule has 0 saturated heterocycles. The number of aromatic nitrogens is 1. The highest BCUT2D eigenvalue weighted by molar-refractivity contribution is 7.22. The molecule has 1 heterocycles. The monoisotopic (exact) mass is 441 g/mol. The zero-order valence-electron chi connectivity index (χ0n) is 14.9. The van der Waals surface area contributed by atoms with Crippen LogP contribution in [0.15, 0.2) is 36.4 Å². The molecule has 0 N–H and O–H groups in total. The number of halogens is 3. The zero-order chi connectivity index (χ0) is 19.6. The summed E-state index contributed by atoms with van der Waals surface area (Å²) in [7, 11) is 3.99. The van der Waals surface area contributed by atoms with Crippen molar-refractivity contribution in [2.75, 3.05) is 32.1 Å². The molecule has 0 fully saturated rings. The molecule has 0 aliphatic heterocycles. The SMILES string of the molecule is CN(C)CCCN(C(=O)c1cc(Cl)ccc1Cl)c1nc2c(Cl)cccc2s1. The first-order valence-corrected chi connectivity index (χ1v) is 10.3. The lowest BCUT2D eigenvalue weighted by atomic mass is 10.2. The summed E-state index contributed by atoms with van der Waals surface area (Å²) in [4.78, 5) is 21.6. The number of para-hydroxylation sites is 1. The number of benzene rings is 2. The maximum Gasteiger partial charge on any atom is 0.261 e. The Kier molecular flexibility index (Phi) is 6.61. The van der Waals surface area contributed by atoms with Gasteiger partial charge in [0.25, 0.3) is 5.91 Å². The summed E-state index contributed by atoms with van der Waals surface area (Å²) in [5, 5.41) is 1.99. The number of thiazole rings is 1. The molecule has 142 valence electrons. The van der Waals surface area contributed by atoms with Crippen LogP contribution in [0.2, 0.25) is 15.1 Å². The van der Waals surface area contributed by atoms with E-state index in [4.69, 9.17) is 34.8 Å². The van der Waals surface area contributed by atoms with E-state index in [9.17, 15) is 4.79 Å². The lowest BCUT2D eigenvalue weighted by molar-refractivity contribution is 0.0986. The molecule has 1 amide bonds. The predicted octanol–water partition coefficient (Wildman–Crippen LogP) is 5.86. The summed E-state index contributed by atoms with van der Waals surface area (Å²) < 4.78 is 0.931. The van der Waals surface area contributed by atoms with Crippen molar-refractivity contribution in [2.45, 2.75) is 6.42 Å². The molecular formula is C19H18Cl3N3OS. The van der Waals surface area contributed by atoms with Gasteiger partial charge in [0.1, 0.15) is 5.52 Å². The van der Waals surface area contributed by atoms with E-state index in [1.165, 1.54) is 11.3 Å². The van der Waals surface area contributed by atoms with Gasteiger partial charge in [-0.15, -0.1) is 0 Å². The number of nitrogens with zero attached hydrogens (tertiary/aromatic N) is 3. The van der Waals surface area contributed by atoms with Gasteiger partial charge in [-0.25, -0.2) is 4.98 Å². The van der Waals surface area contributed by atoms with Crippen LogP contribution in [-0.4, -0.2) is 43.0 Å². The topological polar surface area (TPSA) is 36.4 Å². The molecule has 0 bridgehead atoms. The smallest absolute Gasteiger partial charge is 0.261 e. The number of fused-ring (bicyclic) bond motifs is 1. The van der Waals surface area contributed by atoms with E-state index < -0.39 is 0 Å². The Labute approximate surface area is 177 Å². The van der Waals surface area contributed by atoms with Crippen molar-refractivity contribution in [2.24, 2.45) is 0 Å². The van der Waals surface area contributed by atoms with E-state index in [-0.39, 0.29) is 5.91 Å². The number of rotatable bonds is 6. The third-order valence-corrected chi connectivity index (χ3v) is 5.89. The molecule has 0 saturated carbocycles. The molecule has 0 unspecified atom stereocenters. The van der Waals surface area contributed by atoms with Crippen LogP contribution in [0.5, 0.6) is 0 Å². The predicted molar refractivity (Wildman–Crippen MR) is 116 cm³/mol. The molecule has 8 heteroatoms. The molecule has 4 nitrogen and oxygen atoms in total. The highest BCUT2D eigenvalue weighted by Crippen LogP contribution is 2.34. The minimum absolute atomic E-state index is 0.226. The van der Waals surface area contributed by atoms with E-state index >= 15 is 0 Å². The molecule has 3 aromatic rings. The largest absolute Gasteiger partial charge is 0.309 e. The Hall–Kier alpha value is -1.37. The van der Waals surface area contributed by atoms with Crippen molar-refractivity contribution in [3.63, 3.8) is 0 Å². The summed E-state index contributed by atoms with van der Waals surface area (Å²) in [6.07, 6.45) is 0.792. The van der Waals surface area contributed by atoms with Gasteiger partial charge in [-0.2, -0.15) is 0 Å². The normalized spacial score (nSPS) is 11.3. The molecule has 0 aliphatic carbocycles. The van der Waals surface area contributed by atoms with Crippen LogP contribution in [0.1, 0.15) is 16.8 Å². The Bertz CT molecular complexity index is 974. The fourth-order valence-electron chi connectivity index (χ4n) is 2.65. The fraction of sp³-hybridized carbons (Fsp3) is 0.263. The Morgan fingerprint density at radius 1 is 1.07 bits per heavy atom. The number of anilines is 1. The second-order valence-electron chi connectivity index (χ2n) is 6.32. The van der Waals surface area contributed by atoms with Gasteiger partial charge >= 0.3 is 0 Å². The first-order valence-electron chi connectivity index (χ1n) is 8.33. The van der Waals surface area contributed by atoms with Crippen LogP contribution in [0.25, 0.3) is 10.2 Å². The number of hydrogen-bond acceptors (Lipinski definition) is 4. The van der Waals surface area contributed by atoms with Crippen molar-refractivity contribution >= 4 is 67.4 Å². The van der Waals surface area contributed by atoms with E-state index in [1.807, 2.05) is 26.2 Å². The van der Waals surface area contributed by atoms with Gasteiger partial charge in [0, 0.05) is 11.6 Å². The molecular weight excluding hydrogens is 425 g/mol. The summed E-state index contributed by atoms with van der Waals surface area (Å²) in [6.45, 7) is 1.36. The maximum absolute atomic E-state index is 13.3. The quantitative estimate of drug-likeness (QED) is 0.480. The molecule has 0 atom stereocenters. The van der Waals surface area contributed by atoms with E-state index in [2.05, 4.69) is 9.88 Å². The van der Waals surface area contributed by atoms with Gasteiger partial charge in [0.2, 0.25) is 0 Å². The second kappa shape index (κ2) is 8.76. The number of amides is 1. The number of hydrogen-bond donors (Lipinski definition) is 0. The van der Waals surface area contributed by atoms with Gasteiger partial charge in [0.05, 0.1) is 20.3 Å². The van der Waals surface area contributed by atoms with Crippen LogP contribution in [0, 0.1) is 0 Å². The van der Waals surface area contributed by atoms with Gasteiger partial charge in [-0.05, 0) is 57.4 Å². The van der Waals surface area contributed by atoms with E-state index in [0.717, 1.165) is 17.7 Å². The third-order valence-electron chi connectivity index (χ3n) is 3.98. The molecule has 0 aliphatic rings. The van der Waals surface area contributed by atoms with Gasteiger partial charge in [-0.1, -0.05) is 52.2 Å². The van der Waals surface area contributed by atoms with Gasteiger partial charge in [0.15, 0.2) is 5.13 Å². The van der Waals surface area contributed by atoms with Gasteiger partial charge < -0.3 is 4.90 Å². The third kappa shape index (κ3) is 4.73. The Morgan fingerprint density at radius 2 is 1.85 bits per heavy atom. The van der Waals surface area contributed by atoms with Crippen LogP contribution >= 0.6 is 46.1 Å². The first kappa shape index (κ1) is 20.4. The standard InChI is InChI=1S/C19H18Cl3N3OS/c1-24(2)9-4-10-25(18(26)13-11-12(20)7-8-14(13)21)19-23-17-15(22)5-3-6-16(17)27-19/h3,5-8,11H,4,9-10H2,1-2H3. The van der Waals surface area contributed by atoms with Crippen molar-refractivity contribution in [3.8, 4) is 0 Å². The first-order chi connectivity index (χ1) is 12.9. The second-order valence-corrected chi connectivity index (χ2v) is 8.58. The van der Waals surface area contributed by atoms with E-state index in [1.54, 1.807) is 29.2 Å². The van der Waals surface area contributed by atoms with E-state index in [0.29, 0.717) is 37.8 Å². The minimum Gasteiger partial charge on any atom is -0.309 e. The van der Waals surface area contributed by atoms with Crippen molar-refractivity contribution in [1.29, 1.82) is 0 Å². The lowest BCUT2D eigenvalue weighted by Crippen LogP contribution is -2.33. The van der Waals surface area contributed by atoms with Crippen LogP contribution in [-0.2, 0) is 0 Å².